The number of nitrogens with zero attached hydrogens (tertiary/aromatic N) is 4. The molecule has 6 rings (SSSR count). The van der Waals surface area contributed by atoms with Crippen molar-refractivity contribution in [2.24, 2.45) is 0 Å². The molecule has 0 saturated carbocycles. The molecule has 2 N–H and O–H groups in total. The molecule has 0 radical (unpaired) electrons. The summed E-state index contributed by atoms with van der Waals surface area (Å²) in [4.78, 5) is 11.5. The molecular formula is C33H41F3N6O7S3. The molecule has 2 saturated heterocycles. The minimum Gasteiger partial charge on any atom is -0.380 e. The summed E-state index contributed by atoms with van der Waals surface area (Å²) in [6.07, 6.45) is 0.794. The van der Waals surface area contributed by atoms with Crippen LogP contribution in [0.15, 0.2) is 69.5 Å². The lowest BCUT2D eigenvalue weighted by atomic mass is 10.2. The summed E-state index contributed by atoms with van der Waals surface area (Å²) in [5.41, 5.74) is -5.50. The van der Waals surface area contributed by atoms with Crippen LogP contribution in [-0.2, 0) is 47.2 Å². The van der Waals surface area contributed by atoms with Gasteiger partial charge in [0.25, 0.3) is 19.9 Å². The van der Waals surface area contributed by atoms with Gasteiger partial charge in [-0.1, -0.05) is 18.2 Å². The highest BCUT2D eigenvalue weighted by Crippen LogP contribution is 2.39. The number of rotatable bonds is 14. The van der Waals surface area contributed by atoms with Crippen molar-refractivity contribution in [3.8, 4) is 0 Å². The van der Waals surface area contributed by atoms with Crippen molar-refractivity contribution in [1.29, 1.82) is 0 Å². The van der Waals surface area contributed by atoms with Gasteiger partial charge in [0.05, 0.1) is 35.1 Å². The van der Waals surface area contributed by atoms with Gasteiger partial charge in [0.15, 0.2) is 12.5 Å². The molecule has 1 aromatic heterocycles. The number of benzene rings is 2. The van der Waals surface area contributed by atoms with Gasteiger partial charge in [-0.05, 0) is 57.5 Å². The first kappa shape index (κ1) is 38.7. The smallest absolute Gasteiger partial charge is 0.380 e. The summed E-state index contributed by atoms with van der Waals surface area (Å²) >= 11 is 1.47. The maximum atomic E-state index is 14.1. The number of aromatic nitrogens is 2. The molecule has 3 unspecified atom stereocenters. The summed E-state index contributed by atoms with van der Waals surface area (Å²) in [6.45, 7) is 9.33. The summed E-state index contributed by atoms with van der Waals surface area (Å²) < 4.78 is 115. The zero-order valence-electron chi connectivity index (χ0n) is 28.8. The van der Waals surface area contributed by atoms with Crippen LogP contribution < -0.4 is 10.0 Å². The molecule has 0 bridgehead atoms. The Labute approximate surface area is 305 Å². The van der Waals surface area contributed by atoms with E-state index in [0.717, 1.165) is 17.0 Å². The van der Waals surface area contributed by atoms with E-state index in [4.69, 9.17) is 14.2 Å². The largest absolute Gasteiger partial charge is 0.501 e. The number of hydrogen-bond acceptors (Lipinski definition) is 13. The number of epoxide rings is 1. The first-order valence-corrected chi connectivity index (χ1v) is 20.6. The molecule has 19 heteroatoms. The molecule has 2 fully saturated rings. The Hall–Kier alpha value is -3.04. The number of sulfone groups is 1. The maximum absolute atomic E-state index is 14.1. The highest BCUT2D eigenvalue weighted by molar-refractivity contribution is 7.99. The Balaban J connectivity index is 1.25. The predicted molar refractivity (Wildman–Crippen MR) is 188 cm³/mol. The van der Waals surface area contributed by atoms with E-state index >= 15 is 0 Å². The molecule has 4 heterocycles. The number of hydrogen-bond donors (Lipinski definition) is 2. The summed E-state index contributed by atoms with van der Waals surface area (Å²) in [6, 6.07) is 11.6. The summed E-state index contributed by atoms with van der Waals surface area (Å²) in [7, 11) is -10.6. The SMILES string of the molecule is CC(C)(C)OC1OC1N1Cc2ncnc(NS(=O)(=O)c3ccc(NC(CCN4CCOCC4)CSc4ccccc4)c(S(=O)(=O)C(F)(F)F)c3)c2C1. The lowest BCUT2D eigenvalue weighted by Gasteiger charge is -2.29. The number of sulfonamides is 1. The van der Waals surface area contributed by atoms with Crippen LogP contribution in [0.3, 0.4) is 0 Å². The second-order valence-electron chi connectivity index (χ2n) is 13.6. The van der Waals surface area contributed by atoms with E-state index in [1.807, 2.05) is 56.0 Å². The van der Waals surface area contributed by atoms with Crippen molar-refractivity contribution in [3.63, 3.8) is 0 Å². The van der Waals surface area contributed by atoms with E-state index in [9.17, 15) is 30.0 Å². The van der Waals surface area contributed by atoms with Crippen LogP contribution in [0.5, 0.6) is 0 Å². The van der Waals surface area contributed by atoms with Crippen LogP contribution in [0.4, 0.5) is 24.7 Å². The van der Waals surface area contributed by atoms with E-state index in [1.54, 1.807) is 0 Å². The third-order valence-corrected chi connectivity index (χ3v) is 12.6. The number of morpholine rings is 1. The third-order valence-electron chi connectivity index (χ3n) is 8.55. The van der Waals surface area contributed by atoms with Crippen molar-refractivity contribution < 1.29 is 44.2 Å². The number of fused-ring (bicyclic) bond motifs is 1. The summed E-state index contributed by atoms with van der Waals surface area (Å²) in [5.74, 6) is 0.316. The standard InChI is InChI=1S/C33H41F3N6O7S3/c1-32(2,3)49-31-30(48-31)42-18-25-27(19-42)37-21-38-29(25)40-52(45,46)24-9-10-26(28(17-24)51(43,44)33(34,35)36)39-22(11-12-41-13-15-47-16-14-41)20-50-23-7-5-4-6-8-23/h4-10,17,21-22,30-31,39H,11-16,18-20H2,1-3H3,(H,37,38,40). The van der Waals surface area contributed by atoms with Crippen molar-refractivity contribution in [2.45, 2.75) is 84.6 Å². The quantitative estimate of drug-likeness (QED) is 0.172. The minimum absolute atomic E-state index is 0.0787. The molecule has 2 aromatic carbocycles. The minimum atomic E-state index is -6.00. The van der Waals surface area contributed by atoms with E-state index in [1.165, 1.54) is 18.1 Å². The molecule has 0 aliphatic carbocycles. The molecule has 0 amide bonds. The Morgan fingerprint density at radius 2 is 1.75 bits per heavy atom. The van der Waals surface area contributed by atoms with E-state index in [-0.39, 0.29) is 24.3 Å². The maximum Gasteiger partial charge on any atom is 0.501 e. The van der Waals surface area contributed by atoms with Gasteiger partial charge in [-0.15, -0.1) is 11.8 Å². The van der Waals surface area contributed by atoms with Crippen molar-refractivity contribution in [3.05, 3.63) is 66.1 Å². The van der Waals surface area contributed by atoms with E-state index < -0.39 is 53.1 Å². The Kier molecular flexibility index (Phi) is 11.4. The van der Waals surface area contributed by atoms with Gasteiger partial charge in [0, 0.05) is 55.0 Å². The number of ether oxygens (including phenoxy) is 3. The monoisotopic (exact) mass is 786 g/mol. The Morgan fingerprint density at radius 3 is 2.44 bits per heavy atom. The fourth-order valence-electron chi connectivity index (χ4n) is 5.87. The van der Waals surface area contributed by atoms with Crippen molar-refractivity contribution in [1.82, 2.24) is 19.8 Å². The summed E-state index contributed by atoms with van der Waals surface area (Å²) in [5, 5.41) is 3.02. The second-order valence-corrected chi connectivity index (χ2v) is 18.3. The molecule has 52 heavy (non-hydrogen) atoms. The Morgan fingerprint density at radius 1 is 1.02 bits per heavy atom. The molecule has 0 spiro atoms. The number of anilines is 2. The molecule has 3 aromatic rings. The van der Waals surface area contributed by atoms with Gasteiger partial charge in [0.2, 0.25) is 0 Å². The van der Waals surface area contributed by atoms with E-state index in [0.29, 0.717) is 68.9 Å². The number of thioether (sulfide) groups is 1. The molecule has 13 nitrogen and oxygen atoms in total. The van der Waals surface area contributed by atoms with E-state index in [2.05, 4.69) is 24.9 Å². The zero-order valence-corrected chi connectivity index (χ0v) is 31.2. The average molecular weight is 787 g/mol. The third kappa shape index (κ3) is 9.36. The van der Waals surface area contributed by atoms with Crippen LogP contribution in [0.2, 0.25) is 0 Å². The highest BCUT2D eigenvalue weighted by Gasteiger charge is 2.50. The van der Waals surface area contributed by atoms with Gasteiger partial charge >= 0.3 is 5.51 Å². The first-order valence-electron chi connectivity index (χ1n) is 16.6. The molecule has 3 atom stereocenters. The molecule has 3 aliphatic heterocycles. The van der Waals surface area contributed by atoms with Gasteiger partial charge in [0.1, 0.15) is 17.0 Å². The van der Waals surface area contributed by atoms with Crippen LogP contribution in [0.25, 0.3) is 0 Å². The van der Waals surface area contributed by atoms with Gasteiger partial charge in [-0.25, -0.2) is 26.8 Å². The lowest BCUT2D eigenvalue weighted by molar-refractivity contribution is -0.0578. The van der Waals surface area contributed by atoms with Gasteiger partial charge in [-0.3, -0.25) is 14.5 Å². The number of nitrogens with one attached hydrogen (secondary N) is 2. The lowest BCUT2D eigenvalue weighted by Crippen LogP contribution is -2.39. The van der Waals surface area contributed by atoms with Crippen LogP contribution in [0.1, 0.15) is 38.4 Å². The van der Waals surface area contributed by atoms with Crippen LogP contribution in [-0.4, -0.2) is 105 Å². The fourth-order valence-corrected chi connectivity index (χ4v) is 8.96. The molecular weight excluding hydrogens is 746 g/mol. The van der Waals surface area contributed by atoms with Crippen LogP contribution >= 0.6 is 11.8 Å². The fraction of sp³-hybridized carbons (Fsp3) is 0.515. The second kappa shape index (κ2) is 15.4. The van der Waals surface area contributed by atoms with Crippen molar-refractivity contribution in [2.75, 3.05) is 48.6 Å². The Bertz CT molecular complexity index is 1940. The van der Waals surface area contributed by atoms with Crippen LogP contribution in [0, 0.1) is 0 Å². The number of halogens is 3. The van der Waals surface area contributed by atoms with Crippen molar-refractivity contribution >= 4 is 43.1 Å². The van der Waals surface area contributed by atoms with Gasteiger partial charge < -0.3 is 19.5 Å². The first-order chi connectivity index (χ1) is 24.5. The predicted octanol–water partition coefficient (Wildman–Crippen LogP) is 4.68. The van der Waals surface area contributed by atoms with Gasteiger partial charge in [-0.2, -0.15) is 13.2 Å². The average Bonchev–Trinajstić information content (AvgIpc) is 3.69. The zero-order chi connectivity index (χ0) is 37.3. The number of alkyl halides is 3. The topological polar surface area (TPSA) is 156 Å². The highest BCUT2D eigenvalue weighted by atomic mass is 32.2. The normalized spacial score (nSPS) is 20.7. The molecule has 284 valence electrons. The molecule has 3 aliphatic rings.